The van der Waals surface area contributed by atoms with Crippen LogP contribution in [0.1, 0.15) is 6.92 Å². The van der Waals surface area contributed by atoms with E-state index in [0.29, 0.717) is 11.6 Å². The third-order valence-corrected chi connectivity index (χ3v) is 2.08. The maximum Gasteiger partial charge on any atom is 0.121 e. The lowest BCUT2D eigenvalue weighted by molar-refractivity contribution is 0.415. The molecule has 0 atom stereocenters. The number of hydrogen-bond acceptors (Lipinski definition) is 2. The van der Waals surface area contributed by atoms with E-state index >= 15 is 0 Å². The van der Waals surface area contributed by atoms with Gasteiger partial charge in [-0.25, -0.2) is 0 Å². The lowest BCUT2D eigenvalue weighted by Gasteiger charge is -2.09. The maximum absolute atomic E-state index is 5.99. The monoisotopic (exact) mass is 211 g/mol. The fourth-order valence-electron chi connectivity index (χ4n) is 1.01. The van der Waals surface area contributed by atoms with Crippen molar-refractivity contribution in [1.29, 1.82) is 0 Å². The lowest BCUT2D eigenvalue weighted by Crippen LogP contribution is -2.02. The lowest BCUT2D eigenvalue weighted by atomic mass is 10.2. The highest BCUT2D eigenvalue weighted by Crippen LogP contribution is 2.26. The number of methoxy groups -OCH3 is 1. The van der Waals surface area contributed by atoms with Gasteiger partial charge in [0.05, 0.1) is 17.8 Å². The Kier molecular flexibility index (Phi) is 3.84. The molecule has 1 N–H and O–H groups in total. The van der Waals surface area contributed by atoms with Gasteiger partial charge in [0.2, 0.25) is 0 Å². The minimum absolute atomic E-state index is 0.687. The van der Waals surface area contributed by atoms with E-state index in [1.165, 1.54) is 0 Å². The van der Waals surface area contributed by atoms with Gasteiger partial charge in [-0.15, -0.1) is 0 Å². The molecule has 0 bridgehead atoms. The summed E-state index contributed by atoms with van der Waals surface area (Å²) in [5.74, 6) is 0.790. The van der Waals surface area contributed by atoms with Crippen LogP contribution < -0.4 is 10.1 Å². The predicted molar refractivity (Wildman–Crippen MR) is 61.3 cm³/mol. The summed E-state index contributed by atoms with van der Waals surface area (Å²) in [4.78, 5) is 0. The van der Waals surface area contributed by atoms with Crippen molar-refractivity contribution in [2.24, 2.45) is 0 Å². The van der Waals surface area contributed by atoms with Crippen LogP contribution >= 0.6 is 11.6 Å². The smallest absolute Gasteiger partial charge is 0.121 e. The molecule has 0 heterocycles. The molecule has 0 saturated carbocycles. The van der Waals surface area contributed by atoms with Crippen molar-refractivity contribution >= 4 is 17.3 Å². The van der Waals surface area contributed by atoms with Crippen molar-refractivity contribution in [3.05, 3.63) is 35.4 Å². The summed E-state index contributed by atoms with van der Waals surface area (Å²) in [5.41, 5.74) is 1.93. The fourth-order valence-corrected chi connectivity index (χ4v) is 1.20. The summed E-state index contributed by atoms with van der Waals surface area (Å²) in [5, 5.41) is 3.86. The Balaban J connectivity index is 2.78. The number of anilines is 1. The molecule has 3 heteroatoms. The number of hydrogen-bond donors (Lipinski definition) is 1. The van der Waals surface area contributed by atoms with Gasteiger partial charge in [0.25, 0.3) is 0 Å². The van der Waals surface area contributed by atoms with Crippen LogP contribution in [-0.2, 0) is 0 Å². The highest BCUT2D eigenvalue weighted by Gasteiger charge is 2.01. The van der Waals surface area contributed by atoms with E-state index in [-0.39, 0.29) is 0 Å². The van der Waals surface area contributed by atoms with Crippen LogP contribution in [0, 0.1) is 0 Å². The Bertz CT molecular complexity index is 336. The number of halogens is 1. The van der Waals surface area contributed by atoms with Gasteiger partial charge in [0.1, 0.15) is 5.75 Å². The van der Waals surface area contributed by atoms with E-state index in [1.807, 2.05) is 19.1 Å². The van der Waals surface area contributed by atoms with Crippen molar-refractivity contribution in [2.45, 2.75) is 6.92 Å². The molecule has 0 aromatic heterocycles. The van der Waals surface area contributed by atoms with Crippen LogP contribution in [0.5, 0.6) is 5.75 Å². The van der Waals surface area contributed by atoms with Crippen LogP contribution in [-0.4, -0.2) is 13.7 Å². The molecule has 0 spiro atoms. The minimum Gasteiger partial charge on any atom is -0.497 e. The molecule has 14 heavy (non-hydrogen) atoms. The van der Waals surface area contributed by atoms with E-state index in [1.54, 1.807) is 13.2 Å². The molecule has 0 unspecified atom stereocenters. The molecule has 1 aromatic rings. The van der Waals surface area contributed by atoms with Crippen molar-refractivity contribution in [3.8, 4) is 5.75 Å². The van der Waals surface area contributed by atoms with Crippen molar-refractivity contribution < 1.29 is 4.74 Å². The van der Waals surface area contributed by atoms with E-state index in [2.05, 4.69) is 11.9 Å². The second-order valence-corrected chi connectivity index (χ2v) is 3.56. The van der Waals surface area contributed by atoms with E-state index in [0.717, 1.165) is 17.0 Å². The average molecular weight is 212 g/mol. The van der Waals surface area contributed by atoms with Crippen molar-refractivity contribution in [1.82, 2.24) is 0 Å². The van der Waals surface area contributed by atoms with Gasteiger partial charge in [0.15, 0.2) is 0 Å². The Labute approximate surface area is 89.5 Å². The summed E-state index contributed by atoms with van der Waals surface area (Å²) in [6.45, 7) is 6.48. The van der Waals surface area contributed by atoms with E-state index in [9.17, 15) is 0 Å². The van der Waals surface area contributed by atoms with Gasteiger partial charge in [-0.1, -0.05) is 23.8 Å². The zero-order valence-corrected chi connectivity index (χ0v) is 9.19. The summed E-state index contributed by atoms with van der Waals surface area (Å²) in [7, 11) is 1.63. The summed E-state index contributed by atoms with van der Waals surface area (Å²) in [6.07, 6.45) is 0. The zero-order chi connectivity index (χ0) is 10.6. The fraction of sp³-hybridized carbons (Fsp3) is 0.273. The SMILES string of the molecule is C=C(C)CNc1cc(OC)ccc1Cl. The summed E-state index contributed by atoms with van der Waals surface area (Å²) < 4.78 is 5.10. The van der Waals surface area contributed by atoms with Gasteiger partial charge in [-0.05, 0) is 19.1 Å². The highest BCUT2D eigenvalue weighted by molar-refractivity contribution is 6.33. The molecule has 0 amide bonds. The van der Waals surface area contributed by atoms with E-state index in [4.69, 9.17) is 16.3 Å². The third kappa shape index (κ3) is 2.96. The van der Waals surface area contributed by atoms with Crippen LogP contribution in [0.3, 0.4) is 0 Å². The first kappa shape index (κ1) is 10.9. The van der Waals surface area contributed by atoms with Gasteiger partial charge in [-0.3, -0.25) is 0 Å². The normalized spacial score (nSPS) is 9.64. The Morgan fingerprint density at radius 3 is 2.86 bits per heavy atom. The molecule has 0 radical (unpaired) electrons. The minimum atomic E-state index is 0.687. The maximum atomic E-state index is 5.99. The van der Waals surface area contributed by atoms with Crippen molar-refractivity contribution in [2.75, 3.05) is 19.0 Å². The first-order valence-corrected chi connectivity index (χ1v) is 4.73. The Hall–Kier alpha value is -1.15. The van der Waals surface area contributed by atoms with Gasteiger partial charge >= 0.3 is 0 Å². The topological polar surface area (TPSA) is 21.3 Å². The molecule has 0 saturated heterocycles. The Morgan fingerprint density at radius 1 is 1.57 bits per heavy atom. The van der Waals surface area contributed by atoms with Gasteiger partial charge in [-0.2, -0.15) is 0 Å². The molecule has 76 valence electrons. The molecule has 0 aliphatic rings. The van der Waals surface area contributed by atoms with Gasteiger partial charge in [0, 0.05) is 12.6 Å². The number of benzene rings is 1. The third-order valence-electron chi connectivity index (χ3n) is 1.75. The van der Waals surface area contributed by atoms with Crippen molar-refractivity contribution in [3.63, 3.8) is 0 Å². The van der Waals surface area contributed by atoms with Crippen LogP contribution in [0.2, 0.25) is 5.02 Å². The number of rotatable bonds is 4. The average Bonchev–Trinajstić information content (AvgIpc) is 2.16. The predicted octanol–water partition coefficient (Wildman–Crippen LogP) is 3.34. The number of ether oxygens (including phenoxy) is 1. The molecule has 2 nitrogen and oxygen atoms in total. The molecular weight excluding hydrogens is 198 g/mol. The molecule has 1 aromatic carbocycles. The molecule has 0 fully saturated rings. The molecule has 0 aliphatic heterocycles. The molecule has 1 rings (SSSR count). The highest BCUT2D eigenvalue weighted by atomic mass is 35.5. The van der Waals surface area contributed by atoms with Crippen LogP contribution in [0.4, 0.5) is 5.69 Å². The largest absolute Gasteiger partial charge is 0.497 e. The van der Waals surface area contributed by atoms with Crippen LogP contribution in [0.25, 0.3) is 0 Å². The molecular formula is C11H14ClNO. The quantitative estimate of drug-likeness (QED) is 0.772. The summed E-state index contributed by atoms with van der Waals surface area (Å²) in [6, 6.07) is 5.50. The van der Waals surface area contributed by atoms with Crippen LogP contribution in [0.15, 0.2) is 30.4 Å². The number of nitrogens with one attached hydrogen (secondary N) is 1. The first-order valence-electron chi connectivity index (χ1n) is 4.35. The standard InChI is InChI=1S/C11H14ClNO/c1-8(2)7-13-11-6-9(14-3)4-5-10(11)12/h4-6,13H,1,7H2,2-3H3. The van der Waals surface area contributed by atoms with Gasteiger partial charge < -0.3 is 10.1 Å². The Morgan fingerprint density at radius 2 is 2.29 bits per heavy atom. The first-order chi connectivity index (χ1) is 6.63. The zero-order valence-electron chi connectivity index (χ0n) is 8.43. The summed E-state index contributed by atoms with van der Waals surface area (Å²) >= 11 is 5.99. The molecule has 0 aliphatic carbocycles. The van der Waals surface area contributed by atoms with E-state index < -0.39 is 0 Å². The second kappa shape index (κ2) is 4.91. The second-order valence-electron chi connectivity index (χ2n) is 3.16.